The van der Waals surface area contributed by atoms with Gasteiger partial charge in [-0.25, -0.2) is 14.4 Å². The average Bonchev–Trinajstić information content (AvgIpc) is 2.68. The number of aromatic nitrogens is 2. The number of carbonyl (C=O) groups is 1. The summed E-state index contributed by atoms with van der Waals surface area (Å²) in [6.07, 6.45) is 1.76. The molecular weight excluding hydrogens is 337 g/mol. The second-order valence-corrected chi connectivity index (χ2v) is 5.94. The van der Waals surface area contributed by atoms with Crippen LogP contribution in [0.5, 0.6) is 0 Å². The zero-order valence-corrected chi connectivity index (χ0v) is 14.4. The van der Waals surface area contributed by atoms with Crippen LogP contribution in [0.2, 0.25) is 0 Å². The van der Waals surface area contributed by atoms with Gasteiger partial charge in [-0.05, 0) is 17.7 Å². The highest BCUT2D eigenvalue weighted by molar-refractivity contribution is 5.78. The number of rotatable bonds is 7. The first kappa shape index (κ1) is 18.1. The Hall–Kier alpha value is -2.74. The van der Waals surface area contributed by atoms with E-state index in [0.29, 0.717) is 32.1 Å². The lowest BCUT2D eigenvalue weighted by molar-refractivity contribution is -0.120. The van der Waals surface area contributed by atoms with Gasteiger partial charge in [0.2, 0.25) is 5.91 Å². The van der Waals surface area contributed by atoms with E-state index in [1.807, 2.05) is 6.07 Å². The van der Waals surface area contributed by atoms with Crippen molar-refractivity contribution in [2.24, 2.45) is 0 Å². The minimum atomic E-state index is -0.306. The van der Waals surface area contributed by atoms with Crippen LogP contribution in [0.4, 0.5) is 16.0 Å². The van der Waals surface area contributed by atoms with Crippen LogP contribution in [0, 0.1) is 5.82 Å². The molecule has 1 amide bonds. The Balaban J connectivity index is 1.40. The Bertz CT molecular complexity index is 720. The summed E-state index contributed by atoms with van der Waals surface area (Å²) >= 11 is 0. The van der Waals surface area contributed by atoms with Crippen molar-refractivity contribution in [3.63, 3.8) is 0 Å². The molecule has 1 aliphatic rings. The molecule has 138 valence electrons. The smallest absolute Gasteiger partial charge is 0.224 e. The summed E-state index contributed by atoms with van der Waals surface area (Å²) in [6, 6.07) is 7.82. The van der Waals surface area contributed by atoms with Gasteiger partial charge in [-0.1, -0.05) is 12.1 Å². The Morgan fingerprint density at radius 2 is 1.92 bits per heavy atom. The Morgan fingerprint density at radius 1 is 1.15 bits per heavy atom. The predicted octanol–water partition coefficient (Wildman–Crippen LogP) is 1.22. The van der Waals surface area contributed by atoms with Crippen LogP contribution in [0.3, 0.4) is 0 Å². The molecule has 8 heteroatoms. The number of ether oxygens (including phenoxy) is 1. The van der Waals surface area contributed by atoms with Crippen LogP contribution >= 0.6 is 0 Å². The molecular formula is C18H22FN5O2. The van der Waals surface area contributed by atoms with Crippen LogP contribution in [-0.4, -0.2) is 55.3 Å². The fourth-order valence-corrected chi connectivity index (χ4v) is 2.65. The van der Waals surface area contributed by atoms with Gasteiger partial charge in [-0.2, -0.15) is 0 Å². The molecule has 2 heterocycles. The van der Waals surface area contributed by atoms with Crippen molar-refractivity contribution in [1.29, 1.82) is 0 Å². The molecule has 1 aromatic carbocycles. The molecule has 0 radical (unpaired) electrons. The van der Waals surface area contributed by atoms with Gasteiger partial charge in [-0.15, -0.1) is 0 Å². The van der Waals surface area contributed by atoms with E-state index in [1.165, 1.54) is 18.5 Å². The van der Waals surface area contributed by atoms with Crippen molar-refractivity contribution in [2.45, 2.75) is 6.42 Å². The van der Waals surface area contributed by atoms with Gasteiger partial charge in [0, 0.05) is 32.2 Å². The predicted molar refractivity (Wildman–Crippen MR) is 96.7 cm³/mol. The number of hydrogen-bond acceptors (Lipinski definition) is 6. The van der Waals surface area contributed by atoms with Crippen LogP contribution in [0.1, 0.15) is 5.56 Å². The zero-order chi connectivity index (χ0) is 18.2. The maximum Gasteiger partial charge on any atom is 0.224 e. The molecule has 1 aliphatic heterocycles. The molecule has 1 aromatic heterocycles. The second kappa shape index (κ2) is 9.10. The van der Waals surface area contributed by atoms with Gasteiger partial charge >= 0.3 is 0 Å². The van der Waals surface area contributed by atoms with E-state index >= 15 is 0 Å². The largest absolute Gasteiger partial charge is 0.378 e. The van der Waals surface area contributed by atoms with Crippen LogP contribution in [0.15, 0.2) is 36.7 Å². The summed E-state index contributed by atoms with van der Waals surface area (Å²) in [7, 11) is 0. The maximum atomic E-state index is 12.9. The third-order valence-electron chi connectivity index (χ3n) is 4.02. The molecule has 0 aliphatic carbocycles. The van der Waals surface area contributed by atoms with E-state index in [0.717, 1.165) is 24.5 Å². The number of benzene rings is 1. The van der Waals surface area contributed by atoms with Crippen molar-refractivity contribution < 1.29 is 13.9 Å². The van der Waals surface area contributed by atoms with Gasteiger partial charge in [-0.3, -0.25) is 4.79 Å². The average molecular weight is 359 g/mol. The lowest BCUT2D eigenvalue weighted by atomic mass is 10.1. The topological polar surface area (TPSA) is 79.4 Å². The first-order valence-electron chi connectivity index (χ1n) is 8.60. The molecule has 0 spiro atoms. The highest BCUT2D eigenvalue weighted by atomic mass is 19.1. The number of amides is 1. The van der Waals surface area contributed by atoms with E-state index in [4.69, 9.17) is 4.74 Å². The van der Waals surface area contributed by atoms with Gasteiger partial charge in [0.15, 0.2) is 0 Å². The summed E-state index contributed by atoms with van der Waals surface area (Å²) in [5.41, 5.74) is 0.780. The van der Waals surface area contributed by atoms with E-state index < -0.39 is 0 Å². The van der Waals surface area contributed by atoms with E-state index in [2.05, 4.69) is 25.5 Å². The number of hydrogen-bond donors (Lipinski definition) is 2. The monoisotopic (exact) mass is 359 g/mol. The number of nitrogens with zero attached hydrogens (tertiary/aromatic N) is 3. The Kier molecular flexibility index (Phi) is 6.32. The number of nitrogens with one attached hydrogen (secondary N) is 2. The van der Waals surface area contributed by atoms with Crippen molar-refractivity contribution >= 4 is 17.5 Å². The lowest BCUT2D eigenvalue weighted by Crippen LogP contribution is -2.36. The standard InChI is InChI=1S/C18H22FN5O2/c19-15-3-1-14(2-4-15)11-18(25)21-6-5-20-16-12-17(23-13-22-16)24-7-9-26-10-8-24/h1-4,12-13H,5-11H2,(H,21,25)(H,20,22,23). The summed E-state index contributed by atoms with van der Waals surface area (Å²) in [4.78, 5) is 22.5. The van der Waals surface area contributed by atoms with Crippen molar-refractivity contribution in [1.82, 2.24) is 15.3 Å². The third kappa shape index (κ3) is 5.38. The second-order valence-electron chi connectivity index (χ2n) is 5.94. The summed E-state index contributed by atoms with van der Waals surface area (Å²) in [5, 5.41) is 6.01. The van der Waals surface area contributed by atoms with Crippen molar-refractivity contribution in [3.8, 4) is 0 Å². The number of morpholine rings is 1. The van der Waals surface area contributed by atoms with E-state index in [1.54, 1.807) is 12.1 Å². The number of halogens is 1. The Morgan fingerprint density at radius 3 is 2.69 bits per heavy atom. The summed E-state index contributed by atoms with van der Waals surface area (Å²) < 4.78 is 18.2. The highest BCUT2D eigenvalue weighted by Crippen LogP contribution is 2.15. The van der Waals surface area contributed by atoms with Gasteiger partial charge < -0.3 is 20.3 Å². The maximum absolute atomic E-state index is 12.9. The normalized spacial score (nSPS) is 14.1. The number of carbonyl (C=O) groups excluding carboxylic acids is 1. The minimum absolute atomic E-state index is 0.102. The van der Waals surface area contributed by atoms with Crippen LogP contribution in [-0.2, 0) is 16.0 Å². The van der Waals surface area contributed by atoms with Gasteiger partial charge in [0.1, 0.15) is 23.8 Å². The summed E-state index contributed by atoms with van der Waals surface area (Å²) in [6.45, 7) is 4.05. The third-order valence-corrected chi connectivity index (χ3v) is 4.02. The molecule has 1 saturated heterocycles. The fraction of sp³-hybridized carbons (Fsp3) is 0.389. The first-order valence-corrected chi connectivity index (χ1v) is 8.60. The molecule has 1 fully saturated rings. The number of anilines is 2. The van der Waals surface area contributed by atoms with Crippen molar-refractivity contribution in [3.05, 3.63) is 48.0 Å². The molecule has 3 rings (SSSR count). The van der Waals surface area contributed by atoms with Crippen LogP contribution in [0.25, 0.3) is 0 Å². The van der Waals surface area contributed by atoms with Crippen LogP contribution < -0.4 is 15.5 Å². The SMILES string of the molecule is O=C(Cc1ccc(F)cc1)NCCNc1cc(N2CCOCC2)ncn1. The molecule has 0 unspecified atom stereocenters. The molecule has 0 atom stereocenters. The fourth-order valence-electron chi connectivity index (χ4n) is 2.65. The summed E-state index contributed by atoms with van der Waals surface area (Å²) in [5.74, 6) is 1.18. The molecule has 2 aromatic rings. The van der Waals surface area contributed by atoms with Gasteiger partial charge in [0.05, 0.1) is 19.6 Å². The molecule has 26 heavy (non-hydrogen) atoms. The molecule has 7 nitrogen and oxygen atoms in total. The van der Waals surface area contributed by atoms with E-state index in [9.17, 15) is 9.18 Å². The van der Waals surface area contributed by atoms with Gasteiger partial charge in [0.25, 0.3) is 0 Å². The van der Waals surface area contributed by atoms with E-state index in [-0.39, 0.29) is 18.1 Å². The highest BCUT2D eigenvalue weighted by Gasteiger charge is 2.12. The quantitative estimate of drug-likeness (QED) is 0.724. The first-order chi connectivity index (χ1) is 12.7. The van der Waals surface area contributed by atoms with Crippen molar-refractivity contribution in [2.75, 3.05) is 49.6 Å². The Labute approximate surface area is 151 Å². The molecule has 0 saturated carbocycles. The minimum Gasteiger partial charge on any atom is -0.378 e. The zero-order valence-electron chi connectivity index (χ0n) is 14.4. The molecule has 0 bridgehead atoms. The lowest BCUT2D eigenvalue weighted by Gasteiger charge is -2.27. The molecule has 2 N–H and O–H groups in total.